The molecule has 0 saturated carbocycles. The number of nitrogens with one attached hydrogen (secondary N) is 1. The van der Waals surface area contributed by atoms with Crippen LogP contribution in [-0.2, 0) is 0 Å². The highest BCUT2D eigenvalue weighted by Crippen LogP contribution is 2.47. The van der Waals surface area contributed by atoms with Gasteiger partial charge in [-0.3, -0.25) is 0 Å². The summed E-state index contributed by atoms with van der Waals surface area (Å²) >= 11 is 0. The number of hydrogen-bond donors (Lipinski definition) is 1. The molecule has 1 aromatic heterocycles. The lowest BCUT2D eigenvalue weighted by Gasteiger charge is -2.13. The maximum absolute atomic E-state index is 10.4. The summed E-state index contributed by atoms with van der Waals surface area (Å²) in [6.07, 6.45) is 4.00. The van der Waals surface area contributed by atoms with Gasteiger partial charge in [-0.05, 0) is 71.3 Å². The number of anilines is 2. The molecule has 0 saturated heterocycles. The largest absolute Gasteiger partial charge is 0.355 e. The minimum Gasteiger partial charge on any atom is -0.355 e. The second-order valence-corrected chi connectivity index (χ2v) is 12.4. The number of rotatable bonds is 6. The van der Waals surface area contributed by atoms with E-state index in [4.69, 9.17) is 0 Å². The van der Waals surface area contributed by atoms with E-state index in [1.54, 1.807) is 0 Å². The predicted octanol–water partition coefficient (Wildman–Crippen LogP) is 11.3. The van der Waals surface area contributed by atoms with Gasteiger partial charge in [0.1, 0.15) is 12.1 Å². The van der Waals surface area contributed by atoms with Crippen molar-refractivity contribution in [3.63, 3.8) is 0 Å². The van der Waals surface area contributed by atoms with Gasteiger partial charge >= 0.3 is 0 Å². The summed E-state index contributed by atoms with van der Waals surface area (Å²) in [4.78, 5) is 0. The van der Waals surface area contributed by atoms with Crippen LogP contribution in [0.2, 0.25) is 0 Å². The SMILES string of the molecule is N#CC1=C2C=C(c3ccc(-n4c5ccccc5c5ccccc54)cc3)C(C#N)=C2C=C1c1ccc(Nc2ccccc2-c2ccccc2)cc1. The molecule has 0 fully saturated rings. The van der Waals surface area contributed by atoms with Crippen LogP contribution in [0.15, 0.2) is 186 Å². The van der Waals surface area contributed by atoms with Crippen molar-refractivity contribution in [2.45, 2.75) is 0 Å². The van der Waals surface area contributed by atoms with Crippen LogP contribution in [0.3, 0.4) is 0 Å². The third-order valence-corrected chi connectivity index (χ3v) is 9.67. The number of nitriles is 2. The Labute approximate surface area is 290 Å². The lowest BCUT2D eigenvalue weighted by molar-refractivity contribution is 1.18. The summed E-state index contributed by atoms with van der Waals surface area (Å²) in [5, 5.41) is 26.7. The highest BCUT2D eigenvalue weighted by atomic mass is 15.0. The van der Waals surface area contributed by atoms with Crippen molar-refractivity contribution in [1.29, 1.82) is 10.5 Å². The van der Waals surface area contributed by atoms with Crippen LogP contribution < -0.4 is 5.32 Å². The Balaban J connectivity index is 1.02. The molecule has 0 bridgehead atoms. The van der Waals surface area contributed by atoms with Gasteiger partial charge in [-0.1, -0.05) is 109 Å². The van der Waals surface area contributed by atoms with Crippen LogP contribution in [0.1, 0.15) is 11.1 Å². The van der Waals surface area contributed by atoms with E-state index in [2.05, 4.69) is 119 Å². The molecule has 7 aromatic rings. The Morgan fingerprint density at radius 2 is 0.960 bits per heavy atom. The van der Waals surface area contributed by atoms with E-state index in [1.165, 1.54) is 10.8 Å². The first-order chi connectivity index (χ1) is 24.7. The van der Waals surface area contributed by atoms with Gasteiger partial charge in [-0.25, -0.2) is 0 Å². The lowest BCUT2D eigenvalue weighted by Crippen LogP contribution is -1.95. The molecule has 0 radical (unpaired) electrons. The second kappa shape index (κ2) is 11.8. The summed E-state index contributed by atoms with van der Waals surface area (Å²) in [7, 11) is 0. The molecule has 0 aliphatic heterocycles. The maximum Gasteiger partial charge on any atom is 0.100 e. The first kappa shape index (κ1) is 29.0. The zero-order chi connectivity index (χ0) is 33.6. The van der Waals surface area contributed by atoms with Gasteiger partial charge in [0.05, 0.1) is 22.2 Å². The number of fused-ring (bicyclic) bond motifs is 4. The minimum absolute atomic E-state index is 0.583. The topological polar surface area (TPSA) is 64.5 Å². The molecule has 0 unspecified atom stereocenters. The van der Waals surface area contributed by atoms with Gasteiger partial charge < -0.3 is 9.88 Å². The van der Waals surface area contributed by atoms with Crippen molar-refractivity contribution < 1.29 is 0 Å². The van der Waals surface area contributed by atoms with Gasteiger partial charge in [-0.2, -0.15) is 10.5 Å². The number of para-hydroxylation sites is 3. The van der Waals surface area contributed by atoms with Crippen molar-refractivity contribution >= 4 is 44.3 Å². The molecule has 0 amide bonds. The first-order valence-corrected chi connectivity index (χ1v) is 16.6. The molecule has 0 atom stereocenters. The summed E-state index contributed by atoms with van der Waals surface area (Å²) in [5.41, 5.74) is 13.9. The van der Waals surface area contributed by atoms with E-state index in [9.17, 15) is 10.5 Å². The molecule has 232 valence electrons. The van der Waals surface area contributed by atoms with Crippen molar-refractivity contribution in [3.05, 3.63) is 197 Å². The molecule has 1 N–H and O–H groups in total. The van der Waals surface area contributed by atoms with E-state index < -0.39 is 0 Å². The summed E-state index contributed by atoms with van der Waals surface area (Å²) < 4.78 is 2.28. The second-order valence-electron chi connectivity index (χ2n) is 12.4. The van der Waals surface area contributed by atoms with Crippen molar-refractivity contribution in [2.24, 2.45) is 0 Å². The molecule has 0 spiro atoms. The normalized spacial score (nSPS) is 13.6. The van der Waals surface area contributed by atoms with Gasteiger partial charge in [0.25, 0.3) is 0 Å². The average molecular weight is 637 g/mol. The van der Waals surface area contributed by atoms with Crippen LogP contribution >= 0.6 is 0 Å². The summed E-state index contributed by atoms with van der Waals surface area (Å²) in [5.74, 6) is 0. The van der Waals surface area contributed by atoms with Gasteiger partial charge in [0, 0.05) is 55.7 Å². The van der Waals surface area contributed by atoms with Crippen molar-refractivity contribution in [2.75, 3.05) is 5.32 Å². The monoisotopic (exact) mass is 636 g/mol. The van der Waals surface area contributed by atoms with Crippen molar-refractivity contribution in [1.82, 2.24) is 4.57 Å². The van der Waals surface area contributed by atoms with Crippen LogP contribution in [0.25, 0.3) is 49.8 Å². The Morgan fingerprint density at radius 3 is 1.54 bits per heavy atom. The smallest absolute Gasteiger partial charge is 0.100 e. The quantitative estimate of drug-likeness (QED) is 0.198. The molecule has 6 aromatic carbocycles. The third kappa shape index (κ3) is 4.67. The van der Waals surface area contributed by atoms with E-state index in [1.807, 2.05) is 66.7 Å². The minimum atomic E-state index is 0.583. The zero-order valence-electron chi connectivity index (χ0n) is 26.9. The Hall–Kier alpha value is -7.14. The highest BCUT2D eigenvalue weighted by molar-refractivity contribution is 6.09. The van der Waals surface area contributed by atoms with Gasteiger partial charge in [0.15, 0.2) is 0 Å². The standard InChI is InChI=1S/C46H28N4/c47-28-42-38(31-18-22-33(23-19-31)49-44-15-7-4-12-35(44)30-10-2-1-3-11-30)26-40-41(42)27-39(43(40)29-48)32-20-24-34(25-21-32)50-45-16-8-5-13-36(45)37-14-6-9-17-46(37)50/h1-27,49H. The Morgan fingerprint density at radius 1 is 0.460 bits per heavy atom. The van der Waals surface area contributed by atoms with Crippen molar-refractivity contribution in [3.8, 4) is 29.0 Å². The molecule has 1 heterocycles. The van der Waals surface area contributed by atoms with E-state index in [-0.39, 0.29) is 0 Å². The van der Waals surface area contributed by atoms with E-state index in [0.29, 0.717) is 11.1 Å². The lowest BCUT2D eigenvalue weighted by atomic mass is 9.97. The number of aromatic nitrogens is 1. The number of nitrogens with zero attached hydrogens (tertiary/aromatic N) is 3. The Bertz CT molecular complexity index is 2650. The van der Waals surface area contributed by atoms with E-state index >= 15 is 0 Å². The predicted molar refractivity (Wildman–Crippen MR) is 204 cm³/mol. The molecule has 4 heteroatoms. The molecular formula is C46H28N4. The number of benzene rings is 6. The first-order valence-electron chi connectivity index (χ1n) is 16.6. The zero-order valence-corrected chi connectivity index (χ0v) is 26.9. The molecule has 2 aliphatic carbocycles. The fourth-order valence-corrected chi connectivity index (χ4v) is 7.33. The number of hydrogen-bond acceptors (Lipinski definition) is 3. The fourth-order valence-electron chi connectivity index (χ4n) is 7.33. The van der Waals surface area contributed by atoms with Gasteiger partial charge in [0.2, 0.25) is 0 Å². The van der Waals surface area contributed by atoms with Crippen LogP contribution in [0.4, 0.5) is 11.4 Å². The number of allylic oxidation sites excluding steroid dienone is 8. The maximum atomic E-state index is 10.4. The average Bonchev–Trinajstić information content (AvgIpc) is 3.83. The highest BCUT2D eigenvalue weighted by Gasteiger charge is 2.31. The molecular weight excluding hydrogens is 609 g/mol. The van der Waals surface area contributed by atoms with Crippen LogP contribution in [0, 0.1) is 22.7 Å². The summed E-state index contributed by atoms with van der Waals surface area (Å²) in [6, 6.07) is 56.9. The third-order valence-electron chi connectivity index (χ3n) is 9.67. The van der Waals surface area contributed by atoms with Crippen LogP contribution in [-0.4, -0.2) is 4.57 Å². The molecule has 4 nitrogen and oxygen atoms in total. The molecule has 9 rings (SSSR count). The van der Waals surface area contributed by atoms with Crippen LogP contribution in [0.5, 0.6) is 0 Å². The Kier molecular flexibility index (Phi) is 6.87. The molecule has 2 aliphatic rings. The van der Waals surface area contributed by atoms with Gasteiger partial charge in [-0.15, -0.1) is 0 Å². The molecule has 50 heavy (non-hydrogen) atoms. The van der Waals surface area contributed by atoms with E-state index in [0.717, 1.165) is 72.6 Å². The fraction of sp³-hybridized carbons (Fsp3) is 0. The summed E-state index contributed by atoms with van der Waals surface area (Å²) in [6.45, 7) is 0.